The standard InChI is InChI=1S/C12H18N4/c1-2-3-4-10-5-7-11(8-6-10)9-15-16-12(13)14/h5-9H,2-4H2,1H3,(H4,13,14,16)/p+1. The van der Waals surface area contributed by atoms with Crippen molar-refractivity contribution in [2.75, 3.05) is 0 Å². The largest absolute Gasteiger partial charge is 0.365 e. The molecule has 4 heteroatoms. The maximum absolute atomic E-state index is 5.18. The summed E-state index contributed by atoms with van der Waals surface area (Å²) in [6.07, 6.45) is 5.34. The van der Waals surface area contributed by atoms with E-state index in [4.69, 9.17) is 11.5 Å². The Bertz CT molecular complexity index is 361. The van der Waals surface area contributed by atoms with Gasteiger partial charge in [-0.2, -0.15) is 0 Å². The van der Waals surface area contributed by atoms with Crippen molar-refractivity contribution in [3.8, 4) is 0 Å². The number of aryl methyl sites for hydroxylation is 1. The Labute approximate surface area is 96.1 Å². The van der Waals surface area contributed by atoms with Crippen molar-refractivity contribution in [1.29, 1.82) is 0 Å². The average Bonchev–Trinajstić information content (AvgIpc) is 2.27. The molecule has 0 aromatic heterocycles. The van der Waals surface area contributed by atoms with Crippen molar-refractivity contribution in [3.05, 3.63) is 35.4 Å². The number of rotatable bonds is 5. The highest BCUT2D eigenvalue weighted by Crippen LogP contribution is 2.05. The van der Waals surface area contributed by atoms with E-state index in [1.54, 1.807) is 6.21 Å². The molecular formula is C12H19N4+. The zero-order valence-corrected chi connectivity index (χ0v) is 9.61. The summed E-state index contributed by atoms with van der Waals surface area (Å²) in [4.78, 5) is 0. The highest BCUT2D eigenvalue weighted by atomic mass is 15.3. The first-order valence-electron chi connectivity index (χ1n) is 5.48. The fraction of sp³-hybridized carbons (Fsp3) is 0.333. The topological polar surface area (TPSA) is 78.4 Å². The molecule has 1 aromatic rings. The van der Waals surface area contributed by atoms with Crippen molar-refractivity contribution in [3.63, 3.8) is 0 Å². The molecule has 0 fully saturated rings. The van der Waals surface area contributed by atoms with Crippen LogP contribution < -0.4 is 16.6 Å². The summed E-state index contributed by atoms with van der Waals surface area (Å²) in [6, 6.07) is 8.33. The van der Waals surface area contributed by atoms with Crippen LogP contribution >= 0.6 is 0 Å². The number of unbranched alkanes of at least 4 members (excludes halogenated alkanes) is 1. The lowest BCUT2D eigenvalue weighted by Gasteiger charge is -1.98. The van der Waals surface area contributed by atoms with Crippen LogP contribution in [-0.4, -0.2) is 12.2 Å². The average molecular weight is 219 g/mol. The number of nitrogens with one attached hydrogen (secondary N) is 1. The third-order valence-corrected chi connectivity index (χ3v) is 2.22. The Morgan fingerprint density at radius 1 is 1.31 bits per heavy atom. The molecule has 0 unspecified atom stereocenters. The lowest BCUT2D eigenvalue weighted by molar-refractivity contribution is -0.456. The highest BCUT2D eigenvalue weighted by molar-refractivity contribution is 5.76. The van der Waals surface area contributed by atoms with Gasteiger partial charge < -0.3 is 11.5 Å². The molecule has 16 heavy (non-hydrogen) atoms. The maximum atomic E-state index is 5.18. The molecule has 0 saturated carbocycles. The number of guanidine groups is 1. The molecule has 0 aliphatic rings. The number of hydrogen-bond acceptors (Lipinski definition) is 1. The van der Waals surface area contributed by atoms with E-state index in [2.05, 4.69) is 29.3 Å². The smallest absolute Gasteiger partial charge is 0.256 e. The van der Waals surface area contributed by atoms with Gasteiger partial charge in [-0.05, 0) is 30.5 Å². The Balaban J connectivity index is 2.57. The Morgan fingerprint density at radius 3 is 2.56 bits per heavy atom. The minimum Gasteiger partial charge on any atom is -0.365 e. The van der Waals surface area contributed by atoms with Gasteiger partial charge in [-0.25, -0.2) is 0 Å². The fourth-order valence-corrected chi connectivity index (χ4v) is 1.34. The normalized spacial score (nSPS) is 10.6. The van der Waals surface area contributed by atoms with E-state index in [0.29, 0.717) is 0 Å². The van der Waals surface area contributed by atoms with E-state index < -0.39 is 0 Å². The van der Waals surface area contributed by atoms with Crippen LogP contribution in [0, 0.1) is 0 Å². The first-order chi connectivity index (χ1) is 7.72. The Kier molecular flexibility index (Phi) is 5.05. The molecule has 4 nitrogen and oxygen atoms in total. The lowest BCUT2D eigenvalue weighted by atomic mass is 10.1. The number of nitrogens with zero attached hydrogens (tertiary/aromatic N) is 1. The molecule has 0 spiro atoms. The first kappa shape index (κ1) is 12.2. The van der Waals surface area contributed by atoms with Crippen LogP contribution in [0.3, 0.4) is 0 Å². The zero-order valence-electron chi connectivity index (χ0n) is 9.61. The van der Waals surface area contributed by atoms with Gasteiger partial charge in [0.05, 0.1) is 0 Å². The minimum atomic E-state index is 0.0239. The number of hydrazone groups is 1. The van der Waals surface area contributed by atoms with Crippen molar-refractivity contribution in [2.24, 2.45) is 16.6 Å². The van der Waals surface area contributed by atoms with E-state index in [-0.39, 0.29) is 5.96 Å². The van der Waals surface area contributed by atoms with Gasteiger partial charge in [-0.15, -0.1) is 5.10 Å². The first-order valence-corrected chi connectivity index (χ1v) is 5.48. The molecule has 0 aliphatic carbocycles. The van der Waals surface area contributed by atoms with Gasteiger partial charge in [0.25, 0.3) is 5.96 Å². The second-order valence-electron chi connectivity index (χ2n) is 3.66. The van der Waals surface area contributed by atoms with Crippen LogP contribution in [0.25, 0.3) is 0 Å². The van der Waals surface area contributed by atoms with Gasteiger partial charge in [-0.1, -0.05) is 25.5 Å². The van der Waals surface area contributed by atoms with E-state index in [0.717, 1.165) is 12.0 Å². The van der Waals surface area contributed by atoms with Gasteiger partial charge in [-0.3, -0.25) is 0 Å². The van der Waals surface area contributed by atoms with Crippen molar-refractivity contribution < 1.29 is 5.10 Å². The predicted octanol–water partition coefficient (Wildman–Crippen LogP) is -0.283. The summed E-state index contributed by atoms with van der Waals surface area (Å²) < 4.78 is 0. The molecule has 0 radical (unpaired) electrons. The number of nitrogens with two attached hydrogens (primary N) is 2. The molecule has 0 bridgehead atoms. The predicted molar refractivity (Wildman–Crippen MR) is 67.0 cm³/mol. The van der Waals surface area contributed by atoms with E-state index in [9.17, 15) is 0 Å². The molecule has 5 N–H and O–H groups in total. The summed E-state index contributed by atoms with van der Waals surface area (Å²) in [5, 5.41) is 6.34. The quantitative estimate of drug-likeness (QED) is 0.362. The SMILES string of the molecule is CCCCc1ccc(C=[NH+]N=C(N)N)cc1. The fourth-order valence-electron chi connectivity index (χ4n) is 1.34. The van der Waals surface area contributed by atoms with E-state index in [1.165, 1.54) is 18.4 Å². The Hall–Kier alpha value is -1.84. The van der Waals surface area contributed by atoms with Crippen LogP contribution in [0.2, 0.25) is 0 Å². The zero-order chi connectivity index (χ0) is 11.8. The molecule has 0 saturated heterocycles. The van der Waals surface area contributed by atoms with Gasteiger partial charge in [0.1, 0.15) is 0 Å². The summed E-state index contributed by atoms with van der Waals surface area (Å²) >= 11 is 0. The molecule has 0 aliphatic heterocycles. The van der Waals surface area contributed by atoms with Crippen LogP contribution in [0.1, 0.15) is 30.9 Å². The third-order valence-electron chi connectivity index (χ3n) is 2.22. The number of benzene rings is 1. The molecular weight excluding hydrogens is 200 g/mol. The van der Waals surface area contributed by atoms with Crippen molar-refractivity contribution in [1.82, 2.24) is 0 Å². The van der Waals surface area contributed by atoms with E-state index >= 15 is 0 Å². The van der Waals surface area contributed by atoms with Crippen LogP contribution in [0.5, 0.6) is 0 Å². The molecule has 86 valence electrons. The lowest BCUT2D eigenvalue weighted by Crippen LogP contribution is -2.63. The van der Waals surface area contributed by atoms with Crippen molar-refractivity contribution >= 4 is 12.2 Å². The summed E-state index contributed by atoms with van der Waals surface area (Å²) in [6.45, 7) is 2.20. The number of hydrogen-bond donors (Lipinski definition) is 3. The highest BCUT2D eigenvalue weighted by Gasteiger charge is 1.94. The van der Waals surface area contributed by atoms with Gasteiger partial charge >= 0.3 is 0 Å². The van der Waals surface area contributed by atoms with Crippen LogP contribution in [0.15, 0.2) is 29.4 Å². The van der Waals surface area contributed by atoms with Crippen LogP contribution in [0.4, 0.5) is 0 Å². The molecule has 0 amide bonds. The third kappa shape index (κ3) is 4.59. The van der Waals surface area contributed by atoms with Crippen molar-refractivity contribution in [2.45, 2.75) is 26.2 Å². The van der Waals surface area contributed by atoms with Crippen LogP contribution in [-0.2, 0) is 6.42 Å². The minimum absolute atomic E-state index is 0.0239. The molecule has 0 heterocycles. The maximum Gasteiger partial charge on any atom is 0.256 e. The molecule has 1 aromatic carbocycles. The van der Waals surface area contributed by atoms with Gasteiger partial charge in [0.15, 0.2) is 0 Å². The second-order valence-corrected chi connectivity index (χ2v) is 3.66. The Morgan fingerprint density at radius 2 is 2.00 bits per heavy atom. The molecule has 1 rings (SSSR count). The summed E-state index contributed by atoms with van der Waals surface area (Å²) in [7, 11) is 0. The van der Waals surface area contributed by atoms with E-state index in [1.807, 2.05) is 12.1 Å². The summed E-state index contributed by atoms with van der Waals surface area (Å²) in [5.74, 6) is 0.0239. The van der Waals surface area contributed by atoms with Gasteiger partial charge in [0, 0.05) is 10.7 Å². The monoisotopic (exact) mass is 219 g/mol. The second kappa shape index (κ2) is 6.61. The molecule has 0 atom stereocenters. The van der Waals surface area contributed by atoms with Gasteiger partial charge in [0.2, 0.25) is 6.21 Å². The summed E-state index contributed by atoms with van der Waals surface area (Å²) in [5.41, 5.74) is 12.8.